The third-order valence-corrected chi connectivity index (χ3v) is 2.58. The van der Waals surface area contributed by atoms with Crippen LogP contribution < -0.4 is 5.73 Å². The smallest absolute Gasteiger partial charge is 0.140 e. The number of nitrogens with two attached hydrogens (primary N) is 1. The molecule has 0 aliphatic carbocycles. The Labute approximate surface area is 97.6 Å². The van der Waals surface area contributed by atoms with Crippen molar-refractivity contribution in [3.05, 3.63) is 12.2 Å². The maximum absolute atomic E-state index is 5.54. The maximum atomic E-state index is 5.54. The maximum Gasteiger partial charge on any atom is 0.140 e. The molecule has 1 rings (SSSR count). The molecule has 0 atom stereocenters. The molecule has 0 aromatic carbocycles. The van der Waals surface area contributed by atoms with Gasteiger partial charge in [-0.3, -0.25) is 4.90 Å². The van der Waals surface area contributed by atoms with Gasteiger partial charge in [-0.15, -0.1) is 0 Å². The zero-order valence-electron chi connectivity index (χ0n) is 10.4. The molecular weight excluding hydrogens is 202 g/mol. The van der Waals surface area contributed by atoms with Gasteiger partial charge in [0.05, 0.1) is 6.54 Å². The second-order valence-electron chi connectivity index (χ2n) is 3.91. The Kier molecular flexibility index (Phi) is 6.03. The highest BCUT2D eigenvalue weighted by Crippen LogP contribution is 2.03. The first kappa shape index (κ1) is 13.1. The van der Waals surface area contributed by atoms with Crippen molar-refractivity contribution in [2.24, 2.45) is 5.73 Å². The Balaban J connectivity index is 2.52. The summed E-state index contributed by atoms with van der Waals surface area (Å²) < 4.78 is 1.95. The number of hydrogen-bond acceptors (Lipinski definition) is 4. The predicted octanol–water partition coefficient (Wildman–Crippen LogP) is 0.859. The molecule has 0 aliphatic rings. The first-order valence-corrected chi connectivity index (χ1v) is 6.10. The van der Waals surface area contributed by atoms with Crippen molar-refractivity contribution < 1.29 is 0 Å². The Hall–Kier alpha value is -0.940. The topological polar surface area (TPSA) is 60.0 Å². The predicted molar refractivity (Wildman–Crippen MR) is 64.9 cm³/mol. The molecule has 0 aliphatic heterocycles. The van der Waals surface area contributed by atoms with Gasteiger partial charge in [-0.1, -0.05) is 6.92 Å². The Bertz CT molecular complexity index is 284. The summed E-state index contributed by atoms with van der Waals surface area (Å²) in [5.74, 6) is 1.05. The molecule has 5 heteroatoms. The standard InChI is InChI=1S/C11H23N5/c1-3-7-15(8-5-6-12)9-11-13-10-14-16(11)4-2/h10H,3-9,12H2,1-2H3. The van der Waals surface area contributed by atoms with Crippen LogP contribution in [-0.4, -0.2) is 39.3 Å². The lowest BCUT2D eigenvalue weighted by atomic mass is 10.3. The highest BCUT2D eigenvalue weighted by molar-refractivity contribution is 4.84. The zero-order chi connectivity index (χ0) is 11.8. The van der Waals surface area contributed by atoms with E-state index >= 15 is 0 Å². The van der Waals surface area contributed by atoms with Crippen LogP contribution in [-0.2, 0) is 13.1 Å². The molecule has 0 spiro atoms. The average molecular weight is 225 g/mol. The van der Waals surface area contributed by atoms with Crippen LogP contribution in [0.5, 0.6) is 0 Å². The van der Waals surface area contributed by atoms with Gasteiger partial charge in [0.1, 0.15) is 12.2 Å². The summed E-state index contributed by atoms with van der Waals surface area (Å²) in [5, 5.41) is 4.18. The molecule has 92 valence electrons. The number of aromatic nitrogens is 3. The monoisotopic (exact) mass is 225 g/mol. The largest absolute Gasteiger partial charge is 0.330 e. The number of nitrogens with zero attached hydrogens (tertiary/aromatic N) is 4. The van der Waals surface area contributed by atoms with Crippen molar-refractivity contribution in [2.75, 3.05) is 19.6 Å². The van der Waals surface area contributed by atoms with Crippen molar-refractivity contribution in [2.45, 2.75) is 39.8 Å². The van der Waals surface area contributed by atoms with E-state index in [0.29, 0.717) is 0 Å². The summed E-state index contributed by atoms with van der Waals surface area (Å²) in [5.41, 5.74) is 5.54. The summed E-state index contributed by atoms with van der Waals surface area (Å²) in [4.78, 5) is 6.69. The molecule has 5 nitrogen and oxygen atoms in total. The fourth-order valence-corrected chi connectivity index (χ4v) is 1.78. The van der Waals surface area contributed by atoms with Crippen LogP contribution in [0.4, 0.5) is 0 Å². The number of hydrogen-bond donors (Lipinski definition) is 1. The molecule has 0 saturated heterocycles. The molecule has 2 N–H and O–H groups in total. The second-order valence-corrected chi connectivity index (χ2v) is 3.91. The van der Waals surface area contributed by atoms with Crippen molar-refractivity contribution in [3.63, 3.8) is 0 Å². The van der Waals surface area contributed by atoms with Crippen molar-refractivity contribution >= 4 is 0 Å². The summed E-state index contributed by atoms with van der Waals surface area (Å²) >= 11 is 0. The molecule has 0 unspecified atom stereocenters. The lowest BCUT2D eigenvalue weighted by molar-refractivity contribution is 0.253. The van der Waals surface area contributed by atoms with E-state index in [1.54, 1.807) is 6.33 Å². The summed E-state index contributed by atoms with van der Waals surface area (Å²) in [6.07, 6.45) is 3.83. The Morgan fingerprint density at radius 1 is 1.38 bits per heavy atom. The van der Waals surface area contributed by atoms with Gasteiger partial charge in [0.25, 0.3) is 0 Å². The highest BCUT2D eigenvalue weighted by Gasteiger charge is 2.09. The quantitative estimate of drug-likeness (QED) is 0.713. The van der Waals surface area contributed by atoms with Crippen molar-refractivity contribution in [1.29, 1.82) is 0 Å². The molecule has 0 amide bonds. The summed E-state index contributed by atoms with van der Waals surface area (Å²) in [6.45, 7) is 8.92. The van der Waals surface area contributed by atoms with E-state index in [0.717, 1.165) is 51.4 Å². The van der Waals surface area contributed by atoms with E-state index < -0.39 is 0 Å². The zero-order valence-corrected chi connectivity index (χ0v) is 10.4. The van der Waals surface area contributed by atoms with Crippen LogP contribution in [0.3, 0.4) is 0 Å². The van der Waals surface area contributed by atoms with Gasteiger partial charge in [0.15, 0.2) is 0 Å². The molecule has 16 heavy (non-hydrogen) atoms. The third kappa shape index (κ3) is 3.90. The van der Waals surface area contributed by atoms with Crippen LogP contribution in [0.2, 0.25) is 0 Å². The fraction of sp³-hybridized carbons (Fsp3) is 0.818. The molecule has 0 fully saturated rings. The molecule has 1 aromatic rings. The minimum atomic E-state index is 0.751. The minimum absolute atomic E-state index is 0.751. The van der Waals surface area contributed by atoms with E-state index in [9.17, 15) is 0 Å². The molecule has 1 heterocycles. The van der Waals surface area contributed by atoms with Crippen LogP contribution >= 0.6 is 0 Å². The van der Waals surface area contributed by atoms with E-state index in [2.05, 4.69) is 28.8 Å². The normalized spacial score (nSPS) is 11.2. The minimum Gasteiger partial charge on any atom is -0.330 e. The van der Waals surface area contributed by atoms with Gasteiger partial charge in [-0.2, -0.15) is 5.10 Å². The fourth-order valence-electron chi connectivity index (χ4n) is 1.78. The summed E-state index contributed by atoms with van der Waals surface area (Å²) in [7, 11) is 0. The lowest BCUT2D eigenvalue weighted by Gasteiger charge is -2.20. The lowest BCUT2D eigenvalue weighted by Crippen LogP contribution is -2.28. The third-order valence-electron chi connectivity index (χ3n) is 2.58. The van der Waals surface area contributed by atoms with Gasteiger partial charge >= 0.3 is 0 Å². The first-order chi connectivity index (χ1) is 7.81. The van der Waals surface area contributed by atoms with E-state index in [4.69, 9.17) is 5.73 Å². The van der Waals surface area contributed by atoms with Gasteiger partial charge in [-0.05, 0) is 39.4 Å². The SMILES string of the molecule is CCCN(CCCN)Cc1ncnn1CC. The molecule has 0 saturated carbocycles. The van der Waals surface area contributed by atoms with Crippen LogP contribution in [0.15, 0.2) is 6.33 Å². The van der Waals surface area contributed by atoms with Gasteiger partial charge in [0, 0.05) is 6.54 Å². The Morgan fingerprint density at radius 3 is 2.81 bits per heavy atom. The summed E-state index contributed by atoms with van der Waals surface area (Å²) in [6, 6.07) is 0. The average Bonchev–Trinajstić information content (AvgIpc) is 2.73. The van der Waals surface area contributed by atoms with Crippen LogP contribution in [0, 0.1) is 0 Å². The van der Waals surface area contributed by atoms with Gasteiger partial charge in [0.2, 0.25) is 0 Å². The number of aryl methyl sites for hydroxylation is 1. The van der Waals surface area contributed by atoms with Crippen molar-refractivity contribution in [3.8, 4) is 0 Å². The highest BCUT2D eigenvalue weighted by atomic mass is 15.3. The van der Waals surface area contributed by atoms with Crippen molar-refractivity contribution in [1.82, 2.24) is 19.7 Å². The van der Waals surface area contributed by atoms with E-state index in [1.165, 1.54) is 0 Å². The first-order valence-electron chi connectivity index (χ1n) is 6.10. The second kappa shape index (κ2) is 7.35. The van der Waals surface area contributed by atoms with Gasteiger partial charge < -0.3 is 5.73 Å². The number of rotatable bonds is 8. The van der Waals surface area contributed by atoms with Gasteiger partial charge in [-0.25, -0.2) is 9.67 Å². The van der Waals surface area contributed by atoms with Crippen LogP contribution in [0.1, 0.15) is 32.5 Å². The Morgan fingerprint density at radius 2 is 2.19 bits per heavy atom. The van der Waals surface area contributed by atoms with E-state index in [1.807, 2.05) is 4.68 Å². The molecular formula is C11H23N5. The molecule has 0 bridgehead atoms. The molecule has 1 aromatic heterocycles. The molecule has 0 radical (unpaired) electrons. The van der Waals surface area contributed by atoms with E-state index in [-0.39, 0.29) is 0 Å². The van der Waals surface area contributed by atoms with Crippen LogP contribution in [0.25, 0.3) is 0 Å².